The topological polar surface area (TPSA) is 34.9 Å². The van der Waals surface area contributed by atoms with Crippen LogP contribution in [0.25, 0.3) is 0 Å². The van der Waals surface area contributed by atoms with Crippen molar-refractivity contribution in [2.75, 3.05) is 0 Å². The zero-order valence-corrected chi connectivity index (χ0v) is 9.32. The molecule has 78 valence electrons. The van der Waals surface area contributed by atoms with Crippen LogP contribution in [0.1, 0.15) is 37.6 Å². The second-order valence-corrected chi connectivity index (χ2v) is 4.21. The molecule has 0 aliphatic carbocycles. The standard InChI is InChI=1S/C11H18N2O/c1-8(2)5-10(7-14)11-6-9(3)12-13(11)4/h6-8,10H,5H2,1-4H3. The van der Waals surface area contributed by atoms with Crippen LogP contribution in [0.4, 0.5) is 0 Å². The summed E-state index contributed by atoms with van der Waals surface area (Å²) in [4.78, 5) is 11.0. The molecule has 0 saturated carbocycles. The third-order valence-electron chi connectivity index (χ3n) is 2.31. The van der Waals surface area contributed by atoms with Crippen molar-refractivity contribution in [1.29, 1.82) is 0 Å². The molecule has 3 nitrogen and oxygen atoms in total. The van der Waals surface area contributed by atoms with Gasteiger partial charge in [0, 0.05) is 12.7 Å². The summed E-state index contributed by atoms with van der Waals surface area (Å²) in [5.41, 5.74) is 1.99. The van der Waals surface area contributed by atoms with Gasteiger partial charge >= 0.3 is 0 Å². The Morgan fingerprint density at radius 2 is 2.21 bits per heavy atom. The van der Waals surface area contributed by atoms with E-state index < -0.39 is 0 Å². The van der Waals surface area contributed by atoms with Gasteiger partial charge in [0.25, 0.3) is 0 Å². The number of aromatic nitrogens is 2. The van der Waals surface area contributed by atoms with Crippen molar-refractivity contribution in [3.63, 3.8) is 0 Å². The maximum Gasteiger partial charge on any atom is 0.129 e. The molecular weight excluding hydrogens is 176 g/mol. The molecule has 0 amide bonds. The Hall–Kier alpha value is -1.12. The maximum atomic E-state index is 11.0. The van der Waals surface area contributed by atoms with Crippen LogP contribution < -0.4 is 0 Å². The highest BCUT2D eigenvalue weighted by atomic mass is 16.1. The smallest absolute Gasteiger partial charge is 0.129 e. The van der Waals surface area contributed by atoms with Gasteiger partial charge in [0.05, 0.1) is 11.6 Å². The van der Waals surface area contributed by atoms with Gasteiger partial charge in [-0.2, -0.15) is 5.10 Å². The van der Waals surface area contributed by atoms with E-state index in [-0.39, 0.29) is 5.92 Å². The van der Waals surface area contributed by atoms with Crippen LogP contribution in [-0.4, -0.2) is 16.1 Å². The fraction of sp³-hybridized carbons (Fsp3) is 0.636. The van der Waals surface area contributed by atoms with Gasteiger partial charge in [-0.05, 0) is 25.3 Å². The van der Waals surface area contributed by atoms with E-state index in [0.29, 0.717) is 5.92 Å². The summed E-state index contributed by atoms with van der Waals surface area (Å²) in [6.45, 7) is 6.19. The quantitative estimate of drug-likeness (QED) is 0.688. The lowest BCUT2D eigenvalue weighted by Gasteiger charge is -2.12. The molecule has 0 aromatic carbocycles. The molecule has 1 unspecified atom stereocenters. The van der Waals surface area contributed by atoms with E-state index in [4.69, 9.17) is 0 Å². The Labute approximate surface area is 85.1 Å². The molecule has 1 aromatic rings. The van der Waals surface area contributed by atoms with Gasteiger partial charge in [-0.25, -0.2) is 0 Å². The number of hydrogen-bond donors (Lipinski definition) is 0. The third-order valence-corrected chi connectivity index (χ3v) is 2.31. The molecule has 1 heterocycles. The summed E-state index contributed by atoms with van der Waals surface area (Å²) in [7, 11) is 1.89. The Kier molecular flexibility index (Phi) is 3.44. The predicted molar refractivity (Wildman–Crippen MR) is 56.2 cm³/mol. The first-order valence-electron chi connectivity index (χ1n) is 5.00. The summed E-state index contributed by atoms with van der Waals surface area (Å²) in [6, 6.07) is 1.99. The number of nitrogens with zero attached hydrogens (tertiary/aromatic N) is 2. The average Bonchev–Trinajstić information content (AvgIpc) is 2.41. The normalized spacial score (nSPS) is 13.2. The molecule has 1 rings (SSSR count). The molecule has 0 aliphatic heterocycles. The van der Waals surface area contributed by atoms with Gasteiger partial charge in [-0.15, -0.1) is 0 Å². The second-order valence-electron chi connectivity index (χ2n) is 4.21. The monoisotopic (exact) mass is 194 g/mol. The molecule has 0 saturated heterocycles. The van der Waals surface area contributed by atoms with E-state index in [1.165, 1.54) is 0 Å². The highest BCUT2D eigenvalue weighted by Crippen LogP contribution is 2.21. The van der Waals surface area contributed by atoms with Gasteiger partial charge in [0.1, 0.15) is 6.29 Å². The first-order valence-corrected chi connectivity index (χ1v) is 5.00. The van der Waals surface area contributed by atoms with E-state index in [0.717, 1.165) is 24.1 Å². The third kappa shape index (κ3) is 2.44. The minimum atomic E-state index is -0.0128. The van der Waals surface area contributed by atoms with E-state index in [2.05, 4.69) is 18.9 Å². The fourth-order valence-electron chi connectivity index (χ4n) is 1.73. The number of rotatable bonds is 4. The van der Waals surface area contributed by atoms with E-state index >= 15 is 0 Å². The van der Waals surface area contributed by atoms with Gasteiger partial charge in [0.2, 0.25) is 0 Å². The Balaban J connectivity index is 2.88. The molecule has 14 heavy (non-hydrogen) atoms. The SMILES string of the molecule is Cc1cc(C(C=O)CC(C)C)n(C)n1. The average molecular weight is 194 g/mol. The first kappa shape index (κ1) is 11.0. The number of hydrogen-bond acceptors (Lipinski definition) is 2. The second kappa shape index (κ2) is 4.40. The summed E-state index contributed by atoms with van der Waals surface area (Å²) in [5.74, 6) is 0.515. The van der Waals surface area contributed by atoms with Crippen LogP contribution in [0.3, 0.4) is 0 Å². The van der Waals surface area contributed by atoms with Gasteiger partial charge in [-0.1, -0.05) is 13.8 Å². The number of aryl methyl sites for hydroxylation is 2. The number of carbonyl (C=O) groups excluding carboxylic acids is 1. The fourth-order valence-corrected chi connectivity index (χ4v) is 1.73. The molecule has 1 atom stereocenters. The summed E-state index contributed by atoms with van der Waals surface area (Å²) < 4.78 is 1.80. The van der Waals surface area contributed by atoms with Gasteiger partial charge in [0.15, 0.2) is 0 Å². The molecular formula is C11H18N2O. The number of carbonyl (C=O) groups is 1. The largest absolute Gasteiger partial charge is 0.303 e. The van der Waals surface area contributed by atoms with Crippen molar-refractivity contribution in [3.8, 4) is 0 Å². The maximum absolute atomic E-state index is 11.0. The van der Waals surface area contributed by atoms with Gasteiger partial charge < -0.3 is 4.79 Å². The molecule has 0 aliphatic rings. The molecule has 0 fully saturated rings. The van der Waals surface area contributed by atoms with E-state index in [1.54, 1.807) is 4.68 Å². The molecule has 0 N–H and O–H groups in total. The highest BCUT2D eigenvalue weighted by Gasteiger charge is 2.16. The van der Waals surface area contributed by atoms with Crippen molar-refractivity contribution in [3.05, 3.63) is 17.5 Å². The van der Waals surface area contributed by atoms with Crippen molar-refractivity contribution in [2.45, 2.75) is 33.1 Å². The van der Waals surface area contributed by atoms with Crippen molar-refractivity contribution >= 4 is 6.29 Å². The Bertz CT molecular complexity index is 315. The van der Waals surface area contributed by atoms with Crippen LogP contribution in [0, 0.1) is 12.8 Å². The van der Waals surface area contributed by atoms with Gasteiger partial charge in [-0.3, -0.25) is 4.68 Å². The van der Waals surface area contributed by atoms with Crippen molar-refractivity contribution in [2.24, 2.45) is 13.0 Å². The lowest BCUT2D eigenvalue weighted by molar-refractivity contribution is -0.109. The highest BCUT2D eigenvalue weighted by molar-refractivity contribution is 5.61. The first-order chi connectivity index (χ1) is 6.54. The zero-order chi connectivity index (χ0) is 10.7. The molecule has 1 aromatic heterocycles. The zero-order valence-electron chi connectivity index (χ0n) is 9.32. The molecule has 0 radical (unpaired) electrons. The minimum absolute atomic E-state index is 0.0128. The van der Waals surface area contributed by atoms with Crippen LogP contribution in [-0.2, 0) is 11.8 Å². The van der Waals surface area contributed by atoms with Crippen LogP contribution >= 0.6 is 0 Å². The lowest BCUT2D eigenvalue weighted by atomic mass is 9.95. The molecule has 0 spiro atoms. The molecule has 3 heteroatoms. The summed E-state index contributed by atoms with van der Waals surface area (Å²) >= 11 is 0. The van der Waals surface area contributed by atoms with E-state index in [9.17, 15) is 4.79 Å². The van der Waals surface area contributed by atoms with Crippen LogP contribution in [0.2, 0.25) is 0 Å². The number of aldehydes is 1. The minimum Gasteiger partial charge on any atom is -0.303 e. The van der Waals surface area contributed by atoms with Crippen LogP contribution in [0.15, 0.2) is 6.07 Å². The van der Waals surface area contributed by atoms with Crippen LogP contribution in [0.5, 0.6) is 0 Å². The Morgan fingerprint density at radius 1 is 1.57 bits per heavy atom. The predicted octanol–water partition coefficient (Wildman–Crippen LogP) is 2.06. The van der Waals surface area contributed by atoms with E-state index in [1.807, 2.05) is 20.0 Å². The van der Waals surface area contributed by atoms with Crippen molar-refractivity contribution in [1.82, 2.24) is 9.78 Å². The molecule has 0 bridgehead atoms. The van der Waals surface area contributed by atoms with Crippen molar-refractivity contribution < 1.29 is 4.79 Å². The summed E-state index contributed by atoms with van der Waals surface area (Å²) in [5, 5.41) is 4.24. The summed E-state index contributed by atoms with van der Waals surface area (Å²) in [6.07, 6.45) is 1.92. The Morgan fingerprint density at radius 3 is 2.57 bits per heavy atom. The lowest BCUT2D eigenvalue weighted by Crippen LogP contribution is -2.09.